The zero-order chi connectivity index (χ0) is 22.9. The summed E-state index contributed by atoms with van der Waals surface area (Å²) in [5, 5.41) is 2.93. The standard InChI is InChI=1S/C25H32N2O5/c1-5-27(6-2)13-14-31-23-16-20(11-12-21(23)29-4)26-25(28)19-15-18-9-8-10-22(30-7-3)24(18)32-17-19/h8-12,15-16H,5-7,13-14,17H2,1-4H3,(H,26,28). The van der Waals surface area contributed by atoms with E-state index in [2.05, 4.69) is 24.1 Å². The van der Waals surface area contributed by atoms with E-state index in [0.29, 0.717) is 47.5 Å². The number of benzene rings is 2. The van der Waals surface area contributed by atoms with Crippen LogP contribution in [0, 0.1) is 0 Å². The Balaban J connectivity index is 1.70. The van der Waals surface area contributed by atoms with Gasteiger partial charge in [0.1, 0.15) is 13.2 Å². The summed E-state index contributed by atoms with van der Waals surface area (Å²) in [5.74, 6) is 2.34. The lowest BCUT2D eigenvalue weighted by Crippen LogP contribution is -2.28. The van der Waals surface area contributed by atoms with Gasteiger partial charge in [-0.3, -0.25) is 4.79 Å². The molecule has 2 aromatic rings. The zero-order valence-electron chi connectivity index (χ0n) is 19.3. The molecule has 172 valence electrons. The van der Waals surface area contributed by atoms with Crippen LogP contribution in [0.25, 0.3) is 6.08 Å². The van der Waals surface area contributed by atoms with Crippen molar-refractivity contribution in [2.45, 2.75) is 20.8 Å². The number of anilines is 1. The number of para-hydroxylation sites is 1. The van der Waals surface area contributed by atoms with Crippen molar-refractivity contribution in [1.29, 1.82) is 0 Å². The first-order valence-corrected chi connectivity index (χ1v) is 11.0. The lowest BCUT2D eigenvalue weighted by atomic mass is 10.1. The quantitative estimate of drug-likeness (QED) is 0.564. The highest BCUT2D eigenvalue weighted by molar-refractivity contribution is 6.07. The lowest BCUT2D eigenvalue weighted by molar-refractivity contribution is -0.113. The Labute approximate surface area is 189 Å². The van der Waals surface area contributed by atoms with E-state index >= 15 is 0 Å². The fourth-order valence-electron chi connectivity index (χ4n) is 3.48. The van der Waals surface area contributed by atoms with Gasteiger partial charge >= 0.3 is 0 Å². The molecular weight excluding hydrogens is 408 g/mol. The SMILES string of the molecule is CCOc1cccc2c1OCC(C(=O)Nc1ccc(OC)c(OCCN(CC)CC)c1)=C2. The molecule has 2 aromatic carbocycles. The molecule has 0 spiro atoms. The van der Waals surface area contributed by atoms with Gasteiger partial charge in [-0.05, 0) is 44.3 Å². The van der Waals surface area contributed by atoms with Crippen LogP contribution >= 0.6 is 0 Å². The van der Waals surface area contributed by atoms with E-state index < -0.39 is 0 Å². The molecule has 1 amide bonds. The molecule has 7 nitrogen and oxygen atoms in total. The Bertz CT molecular complexity index is 953. The second-order valence-corrected chi connectivity index (χ2v) is 7.26. The maximum atomic E-state index is 12.9. The van der Waals surface area contributed by atoms with Crippen LogP contribution in [0.15, 0.2) is 42.0 Å². The summed E-state index contributed by atoms with van der Waals surface area (Å²) in [6.45, 7) is 10.2. The molecule has 0 unspecified atom stereocenters. The molecule has 0 fully saturated rings. The first-order chi connectivity index (χ1) is 15.6. The summed E-state index contributed by atoms with van der Waals surface area (Å²) in [4.78, 5) is 15.1. The van der Waals surface area contributed by atoms with E-state index in [1.54, 1.807) is 25.3 Å². The maximum Gasteiger partial charge on any atom is 0.255 e. The van der Waals surface area contributed by atoms with Crippen molar-refractivity contribution in [2.75, 3.05) is 51.9 Å². The Morgan fingerprint density at radius 2 is 1.88 bits per heavy atom. The number of methoxy groups -OCH3 is 1. The molecule has 0 aromatic heterocycles. The summed E-state index contributed by atoms with van der Waals surface area (Å²) in [7, 11) is 1.60. The molecule has 3 rings (SSSR count). The molecule has 1 aliphatic rings. The fourth-order valence-corrected chi connectivity index (χ4v) is 3.48. The van der Waals surface area contributed by atoms with Gasteiger partial charge in [-0.2, -0.15) is 0 Å². The van der Waals surface area contributed by atoms with Crippen LogP contribution in [0.5, 0.6) is 23.0 Å². The van der Waals surface area contributed by atoms with Gasteiger partial charge in [-0.25, -0.2) is 0 Å². The third kappa shape index (κ3) is 5.73. The van der Waals surface area contributed by atoms with Crippen molar-refractivity contribution in [1.82, 2.24) is 4.90 Å². The number of hydrogen-bond acceptors (Lipinski definition) is 6. The van der Waals surface area contributed by atoms with Crippen LogP contribution < -0.4 is 24.3 Å². The van der Waals surface area contributed by atoms with E-state index in [9.17, 15) is 4.79 Å². The minimum atomic E-state index is -0.225. The molecule has 1 aliphatic heterocycles. The van der Waals surface area contributed by atoms with Gasteiger partial charge in [0, 0.05) is 23.9 Å². The predicted molar refractivity (Wildman–Crippen MR) is 126 cm³/mol. The average molecular weight is 441 g/mol. The molecule has 0 saturated carbocycles. The number of fused-ring (bicyclic) bond motifs is 1. The Morgan fingerprint density at radius 1 is 1.06 bits per heavy atom. The molecule has 1 heterocycles. The van der Waals surface area contributed by atoms with E-state index in [4.69, 9.17) is 18.9 Å². The number of likely N-dealkylation sites (N-methyl/N-ethyl adjacent to an activating group) is 1. The first kappa shape index (κ1) is 23.5. The van der Waals surface area contributed by atoms with Crippen LogP contribution in [-0.4, -0.2) is 57.4 Å². The summed E-state index contributed by atoms with van der Waals surface area (Å²) in [5.41, 5.74) is 1.98. The highest BCUT2D eigenvalue weighted by Crippen LogP contribution is 2.36. The Hall–Kier alpha value is -3.19. The lowest BCUT2D eigenvalue weighted by Gasteiger charge is -2.21. The van der Waals surface area contributed by atoms with Crippen molar-refractivity contribution >= 4 is 17.7 Å². The zero-order valence-corrected chi connectivity index (χ0v) is 19.3. The van der Waals surface area contributed by atoms with E-state index in [-0.39, 0.29) is 12.5 Å². The van der Waals surface area contributed by atoms with Gasteiger partial charge < -0.3 is 29.2 Å². The van der Waals surface area contributed by atoms with Crippen LogP contribution in [0.3, 0.4) is 0 Å². The van der Waals surface area contributed by atoms with Gasteiger partial charge in [-0.1, -0.05) is 26.0 Å². The van der Waals surface area contributed by atoms with Gasteiger partial charge in [0.25, 0.3) is 5.91 Å². The van der Waals surface area contributed by atoms with Gasteiger partial charge in [0.2, 0.25) is 0 Å². The van der Waals surface area contributed by atoms with Crippen molar-refractivity contribution in [3.63, 3.8) is 0 Å². The molecule has 32 heavy (non-hydrogen) atoms. The monoisotopic (exact) mass is 440 g/mol. The van der Waals surface area contributed by atoms with Gasteiger partial charge in [0.15, 0.2) is 23.0 Å². The third-order valence-corrected chi connectivity index (χ3v) is 5.28. The molecule has 0 saturated heterocycles. The molecule has 7 heteroatoms. The smallest absolute Gasteiger partial charge is 0.255 e. The van der Waals surface area contributed by atoms with Gasteiger partial charge in [-0.15, -0.1) is 0 Å². The highest BCUT2D eigenvalue weighted by Gasteiger charge is 2.20. The number of amides is 1. The topological polar surface area (TPSA) is 69.3 Å². The molecule has 0 atom stereocenters. The average Bonchev–Trinajstić information content (AvgIpc) is 2.82. The number of nitrogens with one attached hydrogen (secondary N) is 1. The largest absolute Gasteiger partial charge is 0.493 e. The van der Waals surface area contributed by atoms with Crippen molar-refractivity contribution in [2.24, 2.45) is 0 Å². The Morgan fingerprint density at radius 3 is 2.59 bits per heavy atom. The second-order valence-electron chi connectivity index (χ2n) is 7.26. The molecule has 1 N–H and O–H groups in total. The predicted octanol–water partition coefficient (Wildman–Crippen LogP) is 4.23. The molecular formula is C25H32N2O5. The summed E-state index contributed by atoms with van der Waals surface area (Å²) in [6, 6.07) is 11.0. The number of nitrogens with zero attached hydrogens (tertiary/aromatic N) is 1. The normalized spacial score (nSPS) is 12.5. The van der Waals surface area contributed by atoms with Crippen LogP contribution in [-0.2, 0) is 4.79 Å². The molecule has 0 aliphatic carbocycles. The van der Waals surface area contributed by atoms with Crippen LogP contribution in [0.2, 0.25) is 0 Å². The fraction of sp³-hybridized carbons (Fsp3) is 0.400. The second kappa shape index (κ2) is 11.4. The summed E-state index contributed by atoms with van der Waals surface area (Å²) < 4.78 is 22.8. The van der Waals surface area contributed by atoms with Crippen molar-refractivity contribution in [3.05, 3.63) is 47.5 Å². The van der Waals surface area contributed by atoms with Gasteiger partial charge in [0.05, 0.1) is 19.3 Å². The minimum absolute atomic E-state index is 0.173. The summed E-state index contributed by atoms with van der Waals surface area (Å²) >= 11 is 0. The van der Waals surface area contributed by atoms with E-state index in [1.807, 2.05) is 31.2 Å². The number of hydrogen-bond donors (Lipinski definition) is 1. The minimum Gasteiger partial charge on any atom is -0.493 e. The number of carbonyl (C=O) groups excluding carboxylic acids is 1. The van der Waals surface area contributed by atoms with Crippen LogP contribution in [0.1, 0.15) is 26.3 Å². The van der Waals surface area contributed by atoms with Crippen molar-refractivity contribution < 1.29 is 23.7 Å². The maximum absolute atomic E-state index is 12.9. The van der Waals surface area contributed by atoms with E-state index in [0.717, 1.165) is 25.2 Å². The van der Waals surface area contributed by atoms with Crippen LogP contribution in [0.4, 0.5) is 5.69 Å². The number of rotatable bonds is 11. The highest BCUT2D eigenvalue weighted by atomic mass is 16.5. The third-order valence-electron chi connectivity index (χ3n) is 5.28. The first-order valence-electron chi connectivity index (χ1n) is 11.0. The van der Waals surface area contributed by atoms with E-state index in [1.165, 1.54) is 0 Å². The molecule has 0 bridgehead atoms. The molecule has 0 radical (unpaired) electrons. The number of ether oxygens (including phenoxy) is 4. The summed E-state index contributed by atoms with van der Waals surface area (Å²) in [6.07, 6.45) is 1.84. The number of carbonyl (C=O) groups is 1. The Kier molecular flexibility index (Phi) is 8.39. The van der Waals surface area contributed by atoms with Crippen molar-refractivity contribution in [3.8, 4) is 23.0 Å².